The molecule has 3 N–H and O–H groups in total. The van der Waals surface area contributed by atoms with E-state index in [2.05, 4.69) is 10.1 Å². The number of para-hydroxylation sites is 1. The first-order chi connectivity index (χ1) is 7.31. The largest absolute Gasteiger partial charge is 0.507 e. The molecule has 0 aliphatic heterocycles. The highest BCUT2D eigenvalue weighted by molar-refractivity contribution is 5.61. The standard InChI is InChI=1S/C10H11N3O2/c11-6-5-9-12-10(15-13-9)7-3-1-2-4-8(7)14/h1-4,14H,5-6,11H2. The predicted molar refractivity (Wildman–Crippen MR) is 54.2 cm³/mol. The number of nitrogens with zero attached hydrogens (tertiary/aromatic N) is 2. The van der Waals surface area contributed by atoms with Gasteiger partial charge in [-0.25, -0.2) is 0 Å². The second-order valence-electron chi connectivity index (χ2n) is 3.07. The summed E-state index contributed by atoms with van der Waals surface area (Å²) in [5, 5.41) is 13.3. The summed E-state index contributed by atoms with van der Waals surface area (Å²) >= 11 is 0. The molecule has 2 aromatic rings. The molecule has 0 saturated heterocycles. The Morgan fingerprint density at radius 2 is 2.13 bits per heavy atom. The van der Waals surface area contributed by atoms with Gasteiger partial charge in [-0.1, -0.05) is 17.3 Å². The third-order valence-corrected chi connectivity index (χ3v) is 1.97. The average molecular weight is 205 g/mol. The number of phenolic OH excluding ortho intramolecular Hbond substituents is 1. The van der Waals surface area contributed by atoms with Crippen molar-refractivity contribution < 1.29 is 9.63 Å². The Balaban J connectivity index is 2.33. The molecule has 0 unspecified atom stereocenters. The molecule has 2 rings (SSSR count). The Morgan fingerprint density at radius 1 is 1.33 bits per heavy atom. The molecule has 78 valence electrons. The minimum absolute atomic E-state index is 0.125. The molecule has 0 spiro atoms. The van der Waals surface area contributed by atoms with Crippen molar-refractivity contribution in [1.29, 1.82) is 0 Å². The van der Waals surface area contributed by atoms with Crippen LogP contribution in [0.3, 0.4) is 0 Å². The van der Waals surface area contributed by atoms with Gasteiger partial charge in [-0.15, -0.1) is 0 Å². The molecule has 0 amide bonds. The molecule has 1 aromatic heterocycles. The Hall–Kier alpha value is -1.88. The van der Waals surface area contributed by atoms with Crippen LogP contribution in [0.25, 0.3) is 11.5 Å². The molecule has 0 fully saturated rings. The summed E-state index contributed by atoms with van der Waals surface area (Å²) in [6, 6.07) is 6.81. The zero-order chi connectivity index (χ0) is 10.7. The molecule has 0 bridgehead atoms. The summed E-state index contributed by atoms with van der Waals surface area (Å²) in [6.07, 6.45) is 0.567. The molecule has 0 saturated carbocycles. The monoisotopic (exact) mass is 205 g/mol. The lowest BCUT2D eigenvalue weighted by Gasteiger charge is -1.96. The summed E-state index contributed by atoms with van der Waals surface area (Å²) in [5.74, 6) is 0.993. The van der Waals surface area contributed by atoms with Gasteiger partial charge >= 0.3 is 0 Å². The van der Waals surface area contributed by atoms with E-state index < -0.39 is 0 Å². The van der Waals surface area contributed by atoms with Crippen LogP contribution in [-0.4, -0.2) is 21.8 Å². The molecule has 1 heterocycles. The number of hydrogen-bond donors (Lipinski definition) is 2. The average Bonchev–Trinajstić information content (AvgIpc) is 2.68. The Bertz CT molecular complexity index is 453. The summed E-state index contributed by atoms with van der Waals surface area (Å²) < 4.78 is 5.01. The molecule has 5 heteroatoms. The quantitative estimate of drug-likeness (QED) is 0.779. The smallest absolute Gasteiger partial charge is 0.261 e. The lowest BCUT2D eigenvalue weighted by molar-refractivity contribution is 0.417. The molecular weight excluding hydrogens is 194 g/mol. The van der Waals surface area contributed by atoms with Gasteiger partial charge in [0.25, 0.3) is 5.89 Å². The maximum absolute atomic E-state index is 9.55. The fourth-order valence-electron chi connectivity index (χ4n) is 1.25. The topological polar surface area (TPSA) is 85.2 Å². The van der Waals surface area contributed by atoms with Crippen LogP contribution in [0.15, 0.2) is 28.8 Å². The Labute approximate surface area is 86.5 Å². The van der Waals surface area contributed by atoms with Crippen molar-refractivity contribution in [2.75, 3.05) is 6.54 Å². The van der Waals surface area contributed by atoms with E-state index in [0.717, 1.165) is 0 Å². The van der Waals surface area contributed by atoms with E-state index >= 15 is 0 Å². The van der Waals surface area contributed by atoms with E-state index in [1.165, 1.54) is 0 Å². The number of hydrogen-bond acceptors (Lipinski definition) is 5. The Morgan fingerprint density at radius 3 is 2.87 bits per heavy atom. The van der Waals surface area contributed by atoms with E-state index in [-0.39, 0.29) is 5.75 Å². The van der Waals surface area contributed by atoms with E-state index in [1.54, 1.807) is 24.3 Å². The van der Waals surface area contributed by atoms with Crippen molar-refractivity contribution in [3.63, 3.8) is 0 Å². The van der Waals surface area contributed by atoms with Crippen LogP contribution in [0.4, 0.5) is 0 Å². The summed E-state index contributed by atoms with van der Waals surface area (Å²) in [5.41, 5.74) is 5.90. The van der Waals surface area contributed by atoms with E-state index in [4.69, 9.17) is 10.3 Å². The van der Waals surface area contributed by atoms with Crippen LogP contribution in [0.5, 0.6) is 5.75 Å². The minimum Gasteiger partial charge on any atom is -0.507 e. The lowest BCUT2D eigenvalue weighted by Crippen LogP contribution is -2.03. The summed E-state index contributed by atoms with van der Waals surface area (Å²) in [7, 11) is 0. The third-order valence-electron chi connectivity index (χ3n) is 1.97. The molecule has 0 aliphatic rings. The van der Waals surface area contributed by atoms with E-state index in [1.807, 2.05) is 0 Å². The van der Waals surface area contributed by atoms with E-state index in [0.29, 0.717) is 30.2 Å². The fraction of sp³-hybridized carbons (Fsp3) is 0.200. The molecular formula is C10H11N3O2. The second kappa shape index (κ2) is 4.10. The highest BCUT2D eigenvalue weighted by Gasteiger charge is 2.11. The van der Waals surface area contributed by atoms with Gasteiger partial charge in [0, 0.05) is 6.42 Å². The normalized spacial score (nSPS) is 10.5. The zero-order valence-electron chi connectivity index (χ0n) is 8.05. The van der Waals surface area contributed by atoms with Crippen LogP contribution >= 0.6 is 0 Å². The first kappa shape index (κ1) is 9.67. The number of aromatic nitrogens is 2. The van der Waals surface area contributed by atoms with Crippen molar-refractivity contribution in [3.8, 4) is 17.2 Å². The van der Waals surface area contributed by atoms with Crippen LogP contribution in [0, 0.1) is 0 Å². The SMILES string of the molecule is NCCc1noc(-c2ccccc2O)n1. The number of nitrogens with two attached hydrogens (primary N) is 1. The molecule has 0 aliphatic carbocycles. The van der Waals surface area contributed by atoms with Crippen LogP contribution in [0.1, 0.15) is 5.82 Å². The Kier molecular flexibility index (Phi) is 2.64. The maximum atomic E-state index is 9.55. The summed E-state index contributed by atoms with van der Waals surface area (Å²) in [6.45, 7) is 0.472. The van der Waals surface area contributed by atoms with Gasteiger partial charge in [0.2, 0.25) is 0 Å². The third kappa shape index (κ3) is 1.97. The van der Waals surface area contributed by atoms with Gasteiger partial charge in [0.05, 0.1) is 5.56 Å². The highest BCUT2D eigenvalue weighted by Crippen LogP contribution is 2.26. The van der Waals surface area contributed by atoms with Crippen LogP contribution in [0.2, 0.25) is 0 Å². The fourth-order valence-corrected chi connectivity index (χ4v) is 1.25. The first-order valence-electron chi connectivity index (χ1n) is 4.62. The lowest BCUT2D eigenvalue weighted by atomic mass is 10.2. The number of benzene rings is 1. The maximum Gasteiger partial charge on any atom is 0.261 e. The number of phenols is 1. The van der Waals surface area contributed by atoms with Crippen molar-refractivity contribution in [1.82, 2.24) is 10.1 Å². The summed E-state index contributed by atoms with van der Waals surface area (Å²) in [4.78, 5) is 4.11. The van der Waals surface area contributed by atoms with Gasteiger partial charge in [-0.05, 0) is 18.7 Å². The van der Waals surface area contributed by atoms with Crippen LogP contribution in [-0.2, 0) is 6.42 Å². The minimum atomic E-state index is 0.125. The van der Waals surface area contributed by atoms with Gasteiger partial charge in [0.1, 0.15) is 5.75 Å². The van der Waals surface area contributed by atoms with Crippen molar-refractivity contribution >= 4 is 0 Å². The molecule has 1 aromatic carbocycles. The molecule has 0 radical (unpaired) electrons. The first-order valence-corrected chi connectivity index (χ1v) is 4.62. The predicted octanol–water partition coefficient (Wildman–Crippen LogP) is 0.943. The number of aromatic hydroxyl groups is 1. The molecule has 5 nitrogen and oxygen atoms in total. The molecule has 0 atom stereocenters. The van der Waals surface area contributed by atoms with Crippen LogP contribution < -0.4 is 5.73 Å². The molecule has 15 heavy (non-hydrogen) atoms. The van der Waals surface area contributed by atoms with Crippen molar-refractivity contribution in [2.45, 2.75) is 6.42 Å². The second-order valence-corrected chi connectivity index (χ2v) is 3.07. The highest BCUT2D eigenvalue weighted by atomic mass is 16.5. The van der Waals surface area contributed by atoms with Gasteiger partial charge in [-0.3, -0.25) is 0 Å². The van der Waals surface area contributed by atoms with Crippen molar-refractivity contribution in [2.24, 2.45) is 5.73 Å². The van der Waals surface area contributed by atoms with Gasteiger partial charge in [-0.2, -0.15) is 4.98 Å². The van der Waals surface area contributed by atoms with Gasteiger partial charge < -0.3 is 15.4 Å². The zero-order valence-corrected chi connectivity index (χ0v) is 8.05. The number of rotatable bonds is 3. The van der Waals surface area contributed by atoms with Gasteiger partial charge in [0.15, 0.2) is 5.82 Å². The van der Waals surface area contributed by atoms with Crippen molar-refractivity contribution in [3.05, 3.63) is 30.1 Å². The van der Waals surface area contributed by atoms with E-state index in [9.17, 15) is 5.11 Å².